The zero-order chi connectivity index (χ0) is 17.7. The Morgan fingerprint density at radius 3 is 2.50 bits per heavy atom. The summed E-state index contributed by atoms with van der Waals surface area (Å²) in [5, 5.41) is 5.51. The van der Waals surface area contributed by atoms with Gasteiger partial charge < -0.3 is 10.2 Å². The third-order valence-corrected chi connectivity index (χ3v) is 2.98. The molecule has 1 atom stereocenters. The normalized spacial score (nSPS) is 12.2. The number of amides is 1. The minimum absolute atomic E-state index is 0.150. The van der Waals surface area contributed by atoms with Crippen molar-refractivity contribution in [3.05, 3.63) is 65.2 Å². The number of nitrogens with one attached hydrogen (secondary N) is 1. The molecule has 0 saturated carbocycles. The molecule has 4 nitrogen and oxygen atoms in total. The Morgan fingerprint density at radius 2 is 1.79 bits per heavy atom. The van der Waals surface area contributed by atoms with E-state index in [-0.39, 0.29) is 5.56 Å². The summed E-state index contributed by atoms with van der Waals surface area (Å²) in [5.74, 6) is -5.95. The lowest BCUT2D eigenvalue weighted by Crippen LogP contribution is -2.27. The first-order valence-corrected chi connectivity index (χ1v) is 6.78. The Labute approximate surface area is 134 Å². The standard InChI is InChI=1S/C16H12F4N2O2/c1-9(24-21-8-10-4-2-3-5-11(10)17)16(23)22-13-7-6-12(18)14(19)15(13)20/h2-9H,1H3,(H,22,23)/b21-8-/t9-/m1/s1. The van der Waals surface area contributed by atoms with Gasteiger partial charge in [-0.1, -0.05) is 23.4 Å². The van der Waals surface area contributed by atoms with Gasteiger partial charge in [-0.2, -0.15) is 0 Å². The topological polar surface area (TPSA) is 50.7 Å². The Balaban J connectivity index is 1.98. The number of carbonyl (C=O) groups is 1. The summed E-state index contributed by atoms with van der Waals surface area (Å²) in [6.45, 7) is 1.30. The molecule has 0 aromatic heterocycles. The SMILES string of the molecule is C[C@@H](O/N=C\c1ccccc1F)C(=O)Nc1ccc(F)c(F)c1F. The molecule has 0 radical (unpaired) electrons. The smallest absolute Gasteiger partial charge is 0.268 e. The van der Waals surface area contributed by atoms with E-state index in [9.17, 15) is 22.4 Å². The van der Waals surface area contributed by atoms with Crippen molar-refractivity contribution < 1.29 is 27.2 Å². The first-order chi connectivity index (χ1) is 11.4. The van der Waals surface area contributed by atoms with Crippen LogP contribution in [0.3, 0.4) is 0 Å². The summed E-state index contributed by atoms with van der Waals surface area (Å²) in [5.41, 5.74) is -0.385. The van der Waals surface area contributed by atoms with Crippen LogP contribution >= 0.6 is 0 Å². The molecule has 0 saturated heterocycles. The average Bonchev–Trinajstić information content (AvgIpc) is 2.57. The van der Waals surface area contributed by atoms with Gasteiger partial charge in [0.25, 0.3) is 5.91 Å². The fourth-order valence-corrected chi connectivity index (χ4v) is 1.66. The first kappa shape index (κ1) is 17.5. The predicted octanol–water partition coefficient (Wildman–Crippen LogP) is 3.62. The van der Waals surface area contributed by atoms with E-state index in [1.807, 2.05) is 5.32 Å². The minimum Gasteiger partial charge on any atom is -0.383 e. The summed E-state index contributed by atoms with van der Waals surface area (Å²) in [6.07, 6.45) is -0.113. The lowest BCUT2D eigenvalue weighted by molar-refractivity contribution is -0.126. The monoisotopic (exact) mass is 340 g/mol. The molecule has 126 valence electrons. The van der Waals surface area contributed by atoms with E-state index in [1.54, 1.807) is 6.07 Å². The number of carbonyl (C=O) groups excluding carboxylic acids is 1. The van der Waals surface area contributed by atoms with Gasteiger partial charge in [0.1, 0.15) is 5.82 Å². The van der Waals surface area contributed by atoms with Crippen molar-refractivity contribution >= 4 is 17.8 Å². The molecule has 0 aliphatic rings. The van der Waals surface area contributed by atoms with Gasteiger partial charge in [-0.3, -0.25) is 4.79 Å². The highest BCUT2D eigenvalue weighted by atomic mass is 19.2. The van der Waals surface area contributed by atoms with Crippen molar-refractivity contribution in [3.8, 4) is 0 Å². The lowest BCUT2D eigenvalue weighted by atomic mass is 10.2. The highest BCUT2D eigenvalue weighted by molar-refractivity contribution is 5.94. The Hall–Kier alpha value is -2.90. The molecule has 2 aromatic carbocycles. The van der Waals surface area contributed by atoms with E-state index in [1.165, 1.54) is 25.1 Å². The minimum atomic E-state index is -1.70. The first-order valence-electron chi connectivity index (χ1n) is 6.78. The van der Waals surface area contributed by atoms with Crippen molar-refractivity contribution in [3.63, 3.8) is 0 Å². The summed E-state index contributed by atoms with van der Waals surface area (Å²) in [6, 6.07) is 7.32. The van der Waals surface area contributed by atoms with Gasteiger partial charge in [0.05, 0.1) is 11.9 Å². The molecule has 8 heteroatoms. The van der Waals surface area contributed by atoms with Crippen LogP contribution in [-0.4, -0.2) is 18.2 Å². The van der Waals surface area contributed by atoms with Crippen LogP contribution in [0.5, 0.6) is 0 Å². The van der Waals surface area contributed by atoms with Crippen LogP contribution < -0.4 is 5.32 Å². The molecule has 0 spiro atoms. The van der Waals surface area contributed by atoms with Crippen LogP contribution in [0, 0.1) is 23.3 Å². The van der Waals surface area contributed by atoms with Gasteiger partial charge in [-0.15, -0.1) is 0 Å². The summed E-state index contributed by atoms with van der Waals surface area (Å²) in [7, 11) is 0. The number of benzene rings is 2. The number of hydrogen-bond acceptors (Lipinski definition) is 3. The maximum absolute atomic E-state index is 13.5. The van der Waals surface area contributed by atoms with Crippen molar-refractivity contribution in [2.75, 3.05) is 5.32 Å². The van der Waals surface area contributed by atoms with Gasteiger partial charge in [-0.05, 0) is 25.1 Å². The predicted molar refractivity (Wildman–Crippen MR) is 79.5 cm³/mol. The molecule has 0 bridgehead atoms. The third kappa shape index (κ3) is 4.09. The van der Waals surface area contributed by atoms with E-state index in [0.29, 0.717) is 6.07 Å². The number of anilines is 1. The summed E-state index contributed by atoms with van der Waals surface area (Å²) < 4.78 is 52.7. The average molecular weight is 340 g/mol. The van der Waals surface area contributed by atoms with Crippen LogP contribution in [0.15, 0.2) is 41.6 Å². The highest BCUT2D eigenvalue weighted by Crippen LogP contribution is 2.19. The number of halogens is 4. The third-order valence-electron chi connectivity index (χ3n) is 2.98. The van der Waals surface area contributed by atoms with Gasteiger partial charge in [0.2, 0.25) is 6.10 Å². The molecular formula is C16H12F4N2O2. The van der Waals surface area contributed by atoms with Gasteiger partial charge in [-0.25, -0.2) is 17.6 Å². The quantitative estimate of drug-likeness (QED) is 0.391. The Kier molecular flexibility index (Phi) is 5.51. The highest BCUT2D eigenvalue weighted by Gasteiger charge is 2.19. The van der Waals surface area contributed by atoms with Crippen molar-refractivity contribution in [1.29, 1.82) is 0 Å². The van der Waals surface area contributed by atoms with E-state index in [2.05, 4.69) is 5.16 Å². The van der Waals surface area contributed by atoms with Crippen LogP contribution in [0.25, 0.3) is 0 Å². The second kappa shape index (κ2) is 7.58. The van der Waals surface area contributed by atoms with Crippen LogP contribution in [0.1, 0.15) is 12.5 Å². The molecule has 2 rings (SSSR count). The molecule has 0 aliphatic heterocycles. The molecule has 0 heterocycles. The maximum Gasteiger partial charge on any atom is 0.268 e. The molecule has 1 amide bonds. The zero-order valence-electron chi connectivity index (χ0n) is 12.4. The number of rotatable bonds is 5. The molecule has 0 unspecified atom stereocenters. The fourth-order valence-electron chi connectivity index (χ4n) is 1.66. The molecule has 24 heavy (non-hydrogen) atoms. The van der Waals surface area contributed by atoms with Crippen LogP contribution in [0.4, 0.5) is 23.2 Å². The molecular weight excluding hydrogens is 328 g/mol. The molecule has 0 fully saturated rings. The summed E-state index contributed by atoms with van der Waals surface area (Å²) in [4.78, 5) is 16.6. The molecule has 2 aromatic rings. The van der Waals surface area contributed by atoms with Crippen LogP contribution in [0.2, 0.25) is 0 Å². The van der Waals surface area contributed by atoms with Crippen LogP contribution in [-0.2, 0) is 9.63 Å². The van der Waals surface area contributed by atoms with Gasteiger partial charge >= 0.3 is 0 Å². The summed E-state index contributed by atoms with van der Waals surface area (Å²) >= 11 is 0. The van der Waals surface area contributed by atoms with Crippen molar-refractivity contribution in [2.24, 2.45) is 5.16 Å². The zero-order valence-corrected chi connectivity index (χ0v) is 12.4. The Morgan fingerprint density at radius 1 is 1.08 bits per heavy atom. The van der Waals surface area contributed by atoms with Crippen molar-refractivity contribution in [1.82, 2.24) is 0 Å². The van der Waals surface area contributed by atoms with E-state index >= 15 is 0 Å². The van der Waals surface area contributed by atoms with E-state index in [0.717, 1.165) is 12.3 Å². The molecule has 0 aliphatic carbocycles. The van der Waals surface area contributed by atoms with E-state index < -0.39 is 41.0 Å². The second-order valence-corrected chi connectivity index (χ2v) is 4.72. The lowest BCUT2D eigenvalue weighted by Gasteiger charge is -2.11. The Bertz CT molecular complexity index is 781. The number of nitrogens with zero attached hydrogens (tertiary/aromatic N) is 1. The van der Waals surface area contributed by atoms with E-state index in [4.69, 9.17) is 4.84 Å². The molecule has 1 N–H and O–H groups in total. The number of oxime groups is 1. The second-order valence-electron chi connectivity index (χ2n) is 4.72. The van der Waals surface area contributed by atoms with Crippen molar-refractivity contribution in [2.45, 2.75) is 13.0 Å². The maximum atomic E-state index is 13.5. The largest absolute Gasteiger partial charge is 0.383 e. The van der Waals surface area contributed by atoms with Gasteiger partial charge in [0, 0.05) is 5.56 Å². The fraction of sp³-hybridized carbons (Fsp3) is 0.125. The number of hydrogen-bond donors (Lipinski definition) is 1. The van der Waals surface area contributed by atoms with Gasteiger partial charge in [0.15, 0.2) is 17.5 Å².